The Morgan fingerprint density at radius 1 is 1.48 bits per heavy atom. The molecule has 2 aromatic heterocycles. The average molecular weight is 309 g/mol. The van der Waals surface area contributed by atoms with Crippen molar-refractivity contribution in [3.63, 3.8) is 0 Å². The zero-order chi connectivity index (χ0) is 15.4. The van der Waals surface area contributed by atoms with Gasteiger partial charge in [-0.1, -0.05) is 13.3 Å². The van der Waals surface area contributed by atoms with Gasteiger partial charge in [-0.3, -0.25) is 14.0 Å². The molecule has 1 N–H and O–H groups in total. The van der Waals surface area contributed by atoms with Crippen molar-refractivity contribution in [3.05, 3.63) is 33.2 Å². The molecule has 0 bridgehead atoms. The molecule has 0 saturated carbocycles. The van der Waals surface area contributed by atoms with Crippen molar-refractivity contribution in [3.8, 4) is 0 Å². The predicted octanol–water partition coefficient (Wildman–Crippen LogP) is 1.30. The van der Waals surface area contributed by atoms with Crippen molar-refractivity contribution < 1.29 is 9.90 Å². The molecule has 21 heavy (non-hydrogen) atoms. The number of aliphatic hydroxyl groups excluding tert-OH is 1. The zero-order valence-corrected chi connectivity index (χ0v) is 13.0. The lowest BCUT2D eigenvalue weighted by molar-refractivity contribution is 0.0717. The molecule has 7 heteroatoms. The van der Waals surface area contributed by atoms with Crippen LogP contribution in [0.25, 0.3) is 4.96 Å². The summed E-state index contributed by atoms with van der Waals surface area (Å²) in [5.74, 6) is -0.367. The van der Waals surface area contributed by atoms with Gasteiger partial charge in [0.15, 0.2) is 4.96 Å². The number of aromatic nitrogens is 2. The molecule has 0 aliphatic rings. The zero-order valence-electron chi connectivity index (χ0n) is 12.2. The third kappa shape index (κ3) is 3.30. The van der Waals surface area contributed by atoms with E-state index in [2.05, 4.69) is 4.98 Å². The summed E-state index contributed by atoms with van der Waals surface area (Å²) in [7, 11) is 0. The summed E-state index contributed by atoms with van der Waals surface area (Å²) < 4.78 is 1.41. The number of amides is 1. The maximum Gasteiger partial charge on any atom is 0.271 e. The fourth-order valence-electron chi connectivity index (χ4n) is 2.10. The number of nitrogens with zero attached hydrogens (tertiary/aromatic N) is 3. The van der Waals surface area contributed by atoms with Crippen LogP contribution in [-0.2, 0) is 0 Å². The highest BCUT2D eigenvalue weighted by molar-refractivity contribution is 7.16. The minimum atomic E-state index is -0.367. The van der Waals surface area contributed by atoms with Gasteiger partial charge in [0.2, 0.25) is 0 Å². The summed E-state index contributed by atoms with van der Waals surface area (Å²) in [4.78, 5) is 32.1. The highest BCUT2D eigenvalue weighted by atomic mass is 32.1. The first-order valence-corrected chi connectivity index (χ1v) is 7.78. The standard InChI is InChI=1S/C14H19N3O3S/c1-3-4-5-16(6-7-18)12(19)11-8-15-14-17(13(11)20)9-10(2)21-14/h8-9,18H,3-7H2,1-2H3. The van der Waals surface area contributed by atoms with Crippen LogP contribution < -0.4 is 5.56 Å². The maximum atomic E-state index is 12.5. The highest BCUT2D eigenvalue weighted by Crippen LogP contribution is 2.13. The van der Waals surface area contributed by atoms with Gasteiger partial charge >= 0.3 is 0 Å². The number of hydrogen-bond donors (Lipinski definition) is 1. The normalized spacial score (nSPS) is 11.0. The van der Waals surface area contributed by atoms with E-state index in [1.54, 1.807) is 6.20 Å². The minimum absolute atomic E-state index is 0.0508. The Kier molecular flexibility index (Phi) is 5.08. The van der Waals surface area contributed by atoms with E-state index >= 15 is 0 Å². The van der Waals surface area contributed by atoms with Crippen LogP contribution in [-0.4, -0.2) is 45.0 Å². The summed E-state index contributed by atoms with van der Waals surface area (Å²) in [5.41, 5.74) is -0.302. The molecule has 0 unspecified atom stereocenters. The van der Waals surface area contributed by atoms with Gasteiger partial charge in [-0.25, -0.2) is 4.98 Å². The molecular weight excluding hydrogens is 290 g/mol. The van der Waals surface area contributed by atoms with Gasteiger partial charge in [-0.15, -0.1) is 11.3 Å². The number of unbranched alkanes of at least 4 members (excludes halogenated alkanes) is 1. The van der Waals surface area contributed by atoms with Crippen molar-refractivity contribution in [1.82, 2.24) is 14.3 Å². The first-order valence-electron chi connectivity index (χ1n) is 6.96. The van der Waals surface area contributed by atoms with E-state index < -0.39 is 0 Å². The Morgan fingerprint density at radius 3 is 2.90 bits per heavy atom. The second-order valence-electron chi connectivity index (χ2n) is 4.84. The Morgan fingerprint density at radius 2 is 2.24 bits per heavy atom. The first-order chi connectivity index (χ1) is 10.1. The number of aliphatic hydroxyl groups is 1. The van der Waals surface area contributed by atoms with E-state index in [1.165, 1.54) is 26.8 Å². The van der Waals surface area contributed by atoms with Crippen molar-refractivity contribution in [2.24, 2.45) is 0 Å². The molecule has 0 spiro atoms. The average Bonchev–Trinajstić information content (AvgIpc) is 2.85. The summed E-state index contributed by atoms with van der Waals surface area (Å²) in [6.07, 6.45) is 4.80. The molecule has 1 amide bonds. The van der Waals surface area contributed by atoms with Crippen LogP contribution >= 0.6 is 11.3 Å². The molecule has 6 nitrogen and oxygen atoms in total. The smallest absolute Gasteiger partial charge is 0.271 e. The fraction of sp³-hybridized carbons (Fsp3) is 0.500. The van der Waals surface area contributed by atoms with E-state index in [9.17, 15) is 9.59 Å². The molecule has 0 atom stereocenters. The molecule has 0 aromatic carbocycles. The second-order valence-corrected chi connectivity index (χ2v) is 6.05. The Hall–Kier alpha value is -1.73. The minimum Gasteiger partial charge on any atom is -0.395 e. The van der Waals surface area contributed by atoms with Crippen LogP contribution in [0.2, 0.25) is 0 Å². The third-order valence-corrected chi connectivity index (χ3v) is 4.10. The molecule has 114 valence electrons. The van der Waals surface area contributed by atoms with Gasteiger partial charge in [-0.2, -0.15) is 0 Å². The number of hydrogen-bond acceptors (Lipinski definition) is 5. The summed E-state index contributed by atoms with van der Waals surface area (Å²) >= 11 is 1.41. The quantitative estimate of drug-likeness (QED) is 0.873. The molecule has 2 heterocycles. The molecule has 2 rings (SSSR count). The molecule has 0 fully saturated rings. The second kappa shape index (κ2) is 6.82. The Bertz CT molecular complexity index is 692. The monoisotopic (exact) mass is 309 g/mol. The lowest BCUT2D eigenvalue weighted by Gasteiger charge is -2.21. The third-order valence-electron chi connectivity index (χ3n) is 3.19. The number of thiazole rings is 1. The topological polar surface area (TPSA) is 74.9 Å². The Labute approximate surface area is 126 Å². The van der Waals surface area contributed by atoms with Gasteiger partial charge in [0.05, 0.1) is 6.61 Å². The molecule has 2 aromatic rings. The largest absolute Gasteiger partial charge is 0.395 e. The van der Waals surface area contributed by atoms with Crippen molar-refractivity contribution in [2.75, 3.05) is 19.7 Å². The Balaban J connectivity index is 2.36. The van der Waals surface area contributed by atoms with E-state index in [1.807, 2.05) is 13.8 Å². The number of carbonyl (C=O) groups is 1. The van der Waals surface area contributed by atoms with E-state index in [0.29, 0.717) is 11.5 Å². The number of fused-ring (bicyclic) bond motifs is 1. The molecular formula is C14H19N3O3S. The number of rotatable bonds is 6. The van der Waals surface area contributed by atoms with Crippen molar-refractivity contribution in [2.45, 2.75) is 26.7 Å². The van der Waals surface area contributed by atoms with Crippen LogP contribution in [0.3, 0.4) is 0 Å². The van der Waals surface area contributed by atoms with Crippen LogP contribution in [0, 0.1) is 6.92 Å². The van der Waals surface area contributed by atoms with Crippen LogP contribution in [0.15, 0.2) is 17.2 Å². The molecule has 0 aliphatic carbocycles. The predicted molar refractivity (Wildman–Crippen MR) is 82.0 cm³/mol. The van der Waals surface area contributed by atoms with Crippen LogP contribution in [0.1, 0.15) is 35.0 Å². The van der Waals surface area contributed by atoms with Gasteiger partial charge in [0.25, 0.3) is 11.5 Å². The number of carbonyl (C=O) groups excluding carboxylic acids is 1. The van der Waals surface area contributed by atoms with Gasteiger partial charge in [0.1, 0.15) is 5.56 Å². The molecule has 0 aliphatic heterocycles. The lowest BCUT2D eigenvalue weighted by atomic mass is 10.2. The summed E-state index contributed by atoms with van der Waals surface area (Å²) in [5, 5.41) is 9.09. The van der Waals surface area contributed by atoms with Gasteiger partial charge < -0.3 is 10.0 Å². The summed E-state index contributed by atoms with van der Waals surface area (Å²) in [6, 6.07) is 0. The van der Waals surface area contributed by atoms with Crippen LogP contribution in [0.4, 0.5) is 0 Å². The van der Waals surface area contributed by atoms with Crippen molar-refractivity contribution in [1.29, 1.82) is 0 Å². The van der Waals surface area contributed by atoms with E-state index in [0.717, 1.165) is 17.7 Å². The molecule has 0 saturated heterocycles. The van der Waals surface area contributed by atoms with E-state index in [4.69, 9.17) is 5.11 Å². The SMILES string of the molecule is CCCCN(CCO)C(=O)c1cnc2sc(C)cn2c1=O. The number of aryl methyl sites for hydroxylation is 1. The lowest BCUT2D eigenvalue weighted by Crippen LogP contribution is -2.38. The van der Waals surface area contributed by atoms with Gasteiger partial charge in [0, 0.05) is 30.4 Å². The van der Waals surface area contributed by atoms with Crippen molar-refractivity contribution >= 4 is 22.2 Å². The van der Waals surface area contributed by atoms with Crippen LogP contribution in [0.5, 0.6) is 0 Å². The molecule has 0 radical (unpaired) electrons. The highest BCUT2D eigenvalue weighted by Gasteiger charge is 2.20. The van der Waals surface area contributed by atoms with Gasteiger partial charge in [-0.05, 0) is 13.3 Å². The summed E-state index contributed by atoms with van der Waals surface area (Å²) in [6.45, 7) is 4.55. The fourth-order valence-corrected chi connectivity index (χ4v) is 2.88. The van der Waals surface area contributed by atoms with E-state index in [-0.39, 0.29) is 30.2 Å². The first kappa shape index (κ1) is 15.7. The maximum absolute atomic E-state index is 12.5.